The van der Waals surface area contributed by atoms with Gasteiger partial charge in [0.05, 0.1) is 0 Å². The molecule has 0 unspecified atom stereocenters. The van der Waals surface area contributed by atoms with Gasteiger partial charge in [0.15, 0.2) is 0 Å². The third kappa shape index (κ3) is 6.82. The summed E-state index contributed by atoms with van der Waals surface area (Å²) in [6.45, 7) is 1.44. The number of rotatable bonds is 0. The van der Waals surface area contributed by atoms with E-state index in [9.17, 15) is 0 Å². The molecule has 0 fully saturated rings. The molecule has 0 aromatic carbocycles. The molecule has 0 radical (unpaired) electrons. The van der Waals surface area contributed by atoms with Gasteiger partial charge in [-0.2, -0.15) is 0 Å². The summed E-state index contributed by atoms with van der Waals surface area (Å²) < 4.78 is 0. The second-order valence-electron chi connectivity index (χ2n) is 1.26. The van der Waals surface area contributed by atoms with Crippen molar-refractivity contribution < 1.29 is 4.79 Å². The number of nitrogens with zero attached hydrogens (tertiary/aromatic N) is 1. The van der Waals surface area contributed by atoms with Gasteiger partial charge in [-0.05, 0) is 19.1 Å². The minimum atomic E-state index is 0.750. The van der Waals surface area contributed by atoms with Crippen LogP contribution in [0.25, 0.3) is 0 Å². The van der Waals surface area contributed by atoms with Gasteiger partial charge in [-0.25, -0.2) is 0 Å². The zero-order valence-electron chi connectivity index (χ0n) is 5.32. The minimum Gasteiger partial charge on any atom is -0.304 e. The molecule has 0 saturated heterocycles. The molecule has 0 amide bonds. The lowest BCUT2D eigenvalue weighted by atomic mass is 10.5. The summed E-state index contributed by atoms with van der Waals surface area (Å²) in [5.74, 6) is 0. The molecule has 48 valence electrons. The third-order valence-corrected chi connectivity index (χ3v) is 0.566. The first-order valence-corrected chi connectivity index (χ1v) is 2.66. The van der Waals surface area contributed by atoms with E-state index in [0.717, 1.165) is 6.29 Å². The van der Waals surface area contributed by atoms with Gasteiger partial charge in [-0.1, -0.05) is 6.07 Å². The third-order valence-electron chi connectivity index (χ3n) is 0.566. The van der Waals surface area contributed by atoms with Crippen molar-refractivity contribution in [1.29, 1.82) is 0 Å². The van der Waals surface area contributed by atoms with Crippen LogP contribution in [0.2, 0.25) is 0 Å². The quantitative estimate of drug-likeness (QED) is 0.486. The van der Waals surface area contributed by atoms with Gasteiger partial charge in [0.1, 0.15) is 6.29 Å². The fourth-order valence-corrected chi connectivity index (χ4v) is 0.313. The predicted molar refractivity (Wildman–Crippen MR) is 36.0 cm³/mol. The van der Waals surface area contributed by atoms with Gasteiger partial charge in [-0.3, -0.25) is 4.98 Å². The number of carbonyl (C=O) groups is 1. The molecular formula is C7H9NO. The van der Waals surface area contributed by atoms with Gasteiger partial charge in [0.2, 0.25) is 0 Å². The van der Waals surface area contributed by atoms with E-state index in [1.807, 2.05) is 18.2 Å². The largest absolute Gasteiger partial charge is 0.304 e. The monoisotopic (exact) mass is 123 g/mol. The standard InChI is InChI=1S/C5H5N.C2H4O/c1-2-4-6-5-3-1;1-2-3/h1-5H;2H,1H3. The van der Waals surface area contributed by atoms with Crippen LogP contribution in [-0.4, -0.2) is 11.3 Å². The fourth-order valence-electron chi connectivity index (χ4n) is 0.313. The van der Waals surface area contributed by atoms with Gasteiger partial charge < -0.3 is 4.79 Å². The molecule has 0 bridgehead atoms. The molecule has 0 atom stereocenters. The van der Waals surface area contributed by atoms with Crippen LogP contribution in [0.4, 0.5) is 0 Å². The number of pyridine rings is 1. The molecule has 9 heavy (non-hydrogen) atoms. The average Bonchev–Trinajstić information content (AvgIpc) is 1.93. The van der Waals surface area contributed by atoms with E-state index >= 15 is 0 Å². The van der Waals surface area contributed by atoms with Crippen molar-refractivity contribution in [2.75, 3.05) is 0 Å². The Balaban J connectivity index is 0.000000187. The smallest absolute Gasteiger partial charge is 0.116 e. The van der Waals surface area contributed by atoms with Crippen LogP contribution in [0.1, 0.15) is 6.92 Å². The lowest BCUT2D eigenvalue weighted by Gasteiger charge is -1.70. The van der Waals surface area contributed by atoms with Crippen molar-refractivity contribution in [3.63, 3.8) is 0 Å². The summed E-state index contributed by atoms with van der Waals surface area (Å²) in [7, 11) is 0. The number of hydrogen-bond acceptors (Lipinski definition) is 2. The summed E-state index contributed by atoms with van der Waals surface area (Å²) in [5.41, 5.74) is 0. The minimum absolute atomic E-state index is 0.750. The Hall–Kier alpha value is -1.18. The van der Waals surface area contributed by atoms with Crippen LogP contribution in [0.5, 0.6) is 0 Å². The van der Waals surface area contributed by atoms with E-state index in [4.69, 9.17) is 4.79 Å². The van der Waals surface area contributed by atoms with Crippen LogP contribution in [0.3, 0.4) is 0 Å². The van der Waals surface area contributed by atoms with Gasteiger partial charge in [0, 0.05) is 12.4 Å². The second-order valence-corrected chi connectivity index (χ2v) is 1.26. The zero-order valence-corrected chi connectivity index (χ0v) is 5.32. The zero-order chi connectivity index (χ0) is 6.95. The number of aldehydes is 1. The fraction of sp³-hybridized carbons (Fsp3) is 0.143. The van der Waals surface area contributed by atoms with Crippen LogP contribution < -0.4 is 0 Å². The van der Waals surface area contributed by atoms with E-state index in [0.29, 0.717) is 0 Å². The highest BCUT2D eigenvalue weighted by Crippen LogP contribution is 1.73. The number of hydrogen-bond donors (Lipinski definition) is 0. The Morgan fingerprint density at radius 1 is 1.22 bits per heavy atom. The Kier molecular flexibility index (Phi) is 5.93. The molecule has 2 heteroatoms. The summed E-state index contributed by atoms with van der Waals surface area (Å²) >= 11 is 0. The van der Waals surface area contributed by atoms with Crippen LogP contribution in [0, 0.1) is 0 Å². The molecule has 1 aromatic heterocycles. The average molecular weight is 123 g/mol. The predicted octanol–water partition coefficient (Wildman–Crippen LogP) is 1.29. The van der Waals surface area contributed by atoms with E-state index < -0.39 is 0 Å². The van der Waals surface area contributed by atoms with Crippen LogP contribution in [0.15, 0.2) is 30.6 Å². The molecule has 1 aromatic rings. The molecule has 0 aliphatic rings. The van der Waals surface area contributed by atoms with Crippen molar-refractivity contribution in [3.05, 3.63) is 30.6 Å². The Morgan fingerprint density at radius 3 is 1.78 bits per heavy atom. The van der Waals surface area contributed by atoms with Crippen molar-refractivity contribution in [3.8, 4) is 0 Å². The van der Waals surface area contributed by atoms with Crippen LogP contribution >= 0.6 is 0 Å². The number of aromatic nitrogens is 1. The van der Waals surface area contributed by atoms with Crippen molar-refractivity contribution in [2.45, 2.75) is 6.92 Å². The molecule has 0 spiro atoms. The lowest BCUT2D eigenvalue weighted by Crippen LogP contribution is -1.58. The van der Waals surface area contributed by atoms with E-state index in [1.54, 1.807) is 12.4 Å². The SMILES string of the molecule is CC=O.c1ccncc1. The summed E-state index contributed by atoms with van der Waals surface area (Å²) in [6.07, 6.45) is 4.25. The first-order valence-electron chi connectivity index (χ1n) is 2.66. The topological polar surface area (TPSA) is 30.0 Å². The highest BCUT2D eigenvalue weighted by molar-refractivity contribution is 5.44. The molecule has 1 rings (SSSR count). The van der Waals surface area contributed by atoms with E-state index in [-0.39, 0.29) is 0 Å². The summed E-state index contributed by atoms with van der Waals surface area (Å²) in [5, 5.41) is 0. The Bertz CT molecular complexity index is 112. The van der Waals surface area contributed by atoms with Crippen molar-refractivity contribution in [2.24, 2.45) is 0 Å². The molecule has 2 nitrogen and oxygen atoms in total. The van der Waals surface area contributed by atoms with Gasteiger partial charge in [0.25, 0.3) is 0 Å². The van der Waals surface area contributed by atoms with Gasteiger partial charge in [-0.15, -0.1) is 0 Å². The number of carbonyl (C=O) groups excluding carboxylic acids is 1. The van der Waals surface area contributed by atoms with Crippen LogP contribution in [-0.2, 0) is 4.79 Å². The Morgan fingerprint density at radius 2 is 1.67 bits per heavy atom. The van der Waals surface area contributed by atoms with Crippen molar-refractivity contribution >= 4 is 6.29 Å². The second kappa shape index (κ2) is 6.82. The lowest BCUT2D eigenvalue weighted by molar-refractivity contribution is -0.106. The highest BCUT2D eigenvalue weighted by Gasteiger charge is 1.58. The highest BCUT2D eigenvalue weighted by atomic mass is 16.1. The maximum atomic E-state index is 8.81. The normalized spacial score (nSPS) is 6.78. The molecular weight excluding hydrogens is 114 g/mol. The van der Waals surface area contributed by atoms with E-state index in [1.165, 1.54) is 6.92 Å². The van der Waals surface area contributed by atoms with E-state index in [2.05, 4.69) is 4.98 Å². The first-order chi connectivity index (χ1) is 4.41. The summed E-state index contributed by atoms with van der Waals surface area (Å²) in [6, 6.07) is 5.72. The Labute approximate surface area is 54.5 Å². The maximum absolute atomic E-state index is 8.81. The summed E-state index contributed by atoms with van der Waals surface area (Å²) in [4.78, 5) is 12.6. The maximum Gasteiger partial charge on any atom is 0.116 e. The van der Waals surface area contributed by atoms with Crippen molar-refractivity contribution in [1.82, 2.24) is 4.98 Å². The molecule has 0 aliphatic carbocycles. The van der Waals surface area contributed by atoms with Gasteiger partial charge >= 0.3 is 0 Å². The molecule has 0 aliphatic heterocycles. The molecule has 1 heterocycles. The molecule has 0 N–H and O–H groups in total. The first kappa shape index (κ1) is 7.82. The molecule has 0 saturated carbocycles.